The molecule has 4 nitrogen and oxygen atoms in total. The Hall–Kier alpha value is -2.46. The van der Waals surface area contributed by atoms with Gasteiger partial charge in [0.2, 0.25) is 5.95 Å². The Kier molecular flexibility index (Phi) is 5.12. The van der Waals surface area contributed by atoms with E-state index in [2.05, 4.69) is 64.6 Å². The zero-order chi connectivity index (χ0) is 17.8. The van der Waals surface area contributed by atoms with Crippen molar-refractivity contribution in [2.45, 2.75) is 19.8 Å². The molecule has 1 saturated heterocycles. The molecule has 0 amide bonds. The van der Waals surface area contributed by atoms with Crippen LogP contribution >= 0.6 is 0 Å². The van der Waals surface area contributed by atoms with Crippen LogP contribution in [0, 0.1) is 5.92 Å². The third kappa shape index (κ3) is 3.70. The molecule has 3 aromatic rings. The van der Waals surface area contributed by atoms with Crippen molar-refractivity contribution in [3.05, 3.63) is 54.7 Å². The lowest BCUT2D eigenvalue weighted by molar-refractivity contribution is 0.384. The van der Waals surface area contributed by atoms with Crippen molar-refractivity contribution in [3.63, 3.8) is 0 Å². The smallest absolute Gasteiger partial charge is 0.225 e. The molecule has 134 valence electrons. The van der Waals surface area contributed by atoms with Gasteiger partial charge in [-0.3, -0.25) is 0 Å². The molecule has 4 heteroatoms. The van der Waals surface area contributed by atoms with E-state index in [9.17, 15) is 0 Å². The molecule has 2 heterocycles. The molecule has 4 rings (SSSR count). The van der Waals surface area contributed by atoms with E-state index in [1.165, 1.54) is 23.6 Å². The van der Waals surface area contributed by atoms with Gasteiger partial charge >= 0.3 is 0 Å². The van der Waals surface area contributed by atoms with Gasteiger partial charge in [0.05, 0.1) is 5.69 Å². The monoisotopic (exact) mass is 346 g/mol. The summed E-state index contributed by atoms with van der Waals surface area (Å²) in [6.07, 6.45) is 4.30. The highest BCUT2D eigenvalue weighted by molar-refractivity contribution is 5.86. The predicted octanol–water partition coefficient (Wildman–Crippen LogP) is 4.12. The van der Waals surface area contributed by atoms with Crippen LogP contribution in [0.5, 0.6) is 0 Å². The molecular weight excluding hydrogens is 320 g/mol. The van der Waals surface area contributed by atoms with Gasteiger partial charge < -0.3 is 10.2 Å². The molecule has 2 aromatic carbocycles. The largest absolute Gasteiger partial charge is 0.341 e. The fourth-order valence-corrected chi connectivity index (χ4v) is 3.70. The van der Waals surface area contributed by atoms with E-state index in [4.69, 9.17) is 4.98 Å². The molecule has 0 atom stereocenters. The first-order chi connectivity index (χ1) is 12.8. The summed E-state index contributed by atoms with van der Waals surface area (Å²) in [5.41, 5.74) is 2.14. The second-order valence-corrected chi connectivity index (χ2v) is 7.04. The van der Waals surface area contributed by atoms with Crippen molar-refractivity contribution in [1.29, 1.82) is 0 Å². The number of fused-ring (bicyclic) bond motifs is 1. The summed E-state index contributed by atoms with van der Waals surface area (Å²) in [5, 5.41) is 5.97. The first kappa shape index (κ1) is 17.0. The number of benzene rings is 2. The highest BCUT2D eigenvalue weighted by atomic mass is 15.3. The summed E-state index contributed by atoms with van der Waals surface area (Å²) in [6.45, 7) is 6.43. The zero-order valence-corrected chi connectivity index (χ0v) is 15.4. The van der Waals surface area contributed by atoms with Crippen LogP contribution in [0.15, 0.2) is 54.7 Å². The lowest BCUT2D eigenvalue weighted by Gasteiger charge is -2.32. The van der Waals surface area contributed by atoms with Crippen molar-refractivity contribution in [2.75, 3.05) is 31.1 Å². The molecule has 0 bridgehead atoms. The van der Waals surface area contributed by atoms with E-state index >= 15 is 0 Å². The van der Waals surface area contributed by atoms with Crippen LogP contribution in [0.4, 0.5) is 5.95 Å². The van der Waals surface area contributed by atoms with Gasteiger partial charge in [-0.25, -0.2) is 9.97 Å². The van der Waals surface area contributed by atoms with Gasteiger partial charge in [-0.1, -0.05) is 43.3 Å². The molecule has 0 spiro atoms. The third-order valence-electron chi connectivity index (χ3n) is 5.27. The molecule has 1 N–H and O–H groups in total. The van der Waals surface area contributed by atoms with E-state index in [0.29, 0.717) is 0 Å². The summed E-state index contributed by atoms with van der Waals surface area (Å²) in [6, 6.07) is 17.0. The van der Waals surface area contributed by atoms with Crippen molar-refractivity contribution in [1.82, 2.24) is 15.3 Å². The van der Waals surface area contributed by atoms with Crippen LogP contribution in [0.1, 0.15) is 19.8 Å². The van der Waals surface area contributed by atoms with Crippen molar-refractivity contribution >= 4 is 16.7 Å². The predicted molar refractivity (Wildman–Crippen MR) is 108 cm³/mol. The minimum absolute atomic E-state index is 0.773. The standard InChI is InChI=1S/C22H26N4/c1-2-23-16-17-10-13-26(14-11-17)22-24-12-9-21(25-22)20-8-7-18-5-3-4-6-19(18)15-20/h3-9,12,15,17,23H,2,10-11,13-14,16H2,1H3. The average molecular weight is 346 g/mol. The highest BCUT2D eigenvalue weighted by Gasteiger charge is 2.20. The fourth-order valence-electron chi connectivity index (χ4n) is 3.70. The number of hydrogen-bond donors (Lipinski definition) is 1. The lowest BCUT2D eigenvalue weighted by Crippen LogP contribution is -2.38. The van der Waals surface area contributed by atoms with Gasteiger partial charge in [-0.15, -0.1) is 0 Å². The molecule has 1 aliphatic heterocycles. The van der Waals surface area contributed by atoms with Crippen LogP contribution < -0.4 is 10.2 Å². The number of nitrogens with zero attached hydrogens (tertiary/aromatic N) is 3. The Morgan fingerprint density at radius 1 is 1.04 bits per heavy atom. The fraction of sp³-hybridized carbons (Fsp3) is 0.364. The first-order valence-corrected chi connectivity index (χ1v) is 9.61. The number of hydrogen-bond acceptors (Lipinski definition) is 4. The van der Waals surface area contributed by atoms with E-state index in [1.807, 2.05) is 12.3 Å². The number of anilines is 1. The first-order valence-electron chi connectivity index (χ1n) is 9.61. The summed E-state index contributed by atoms with van der Waals surface area (Å²) < 4.78 is 0. The minimum Gasteiger partial charge on any atom is -0.341 e. The quantitative estimate of drug-likeness (QED) is 0.754. The van der Waals surface area contributed by atoms with E-state index in [0.717, 1.165) is 49.3 Å². The van der Waals surface area contributed by atoms with E-state index < -0.39 is 0 Å². The molecule has 0 aliphatic carbocycles. The highest BCUT2D eigenvalue weighted by Crippen LogP contribution is 2.25. The van der Waals surface area contributed by atoms with Gasteiger partial charge in [0.1, 0.15) is 0 Å². The van der Waals surface area contributed by atoms with Gasteiger partial charge in [-0.05, 0) is 54.8 Å². The maximum atomic E-state index is 4.86. The number of piperidine rings is 1. The number of aromatic nitrogens is 2. The second kappa shape index (κ2) is 7.83. The lowest BCUT2D eigenvalue weighted by atomic mass is 9.97. The van der Waals surface area contributed by atoms with E-state index in [1.54, 1.807) is 0 Å². The molecule has 1 aromatic heterocycles. The average Bonchev–Trinajstić information content (AvgIpc) is 2.72. The van der Waals surface area contributed by atoms with E-state index in [-0.39, 0.29) is 0 Å². The minimum atomic E-state index is 0.773. The number of nitrogens with one attached hydrogen (secondary N) is 1. The van der Waals surface area contributed by atoms with Gasteiger partial charge in [0.25, 0.3) is 0 Å². The summed E-state index contributed by atoms with van der Waals surface area (Å²) >= 11 is 0. The molecule has 26 heavy (non-hydrogen) atoms. The Bertz CT molecular complexity index is 869. The Morgan fingerprint density at radius 2 is 1.85 bits per heavy atom. The Morgan fingerprint density at radius 3 is 2.65 bits per heavy atom. The maximum absolute atomic E-state index is 4.86. The van der Waals surface area contributed by atoms with Crippen LogP contribution in [0.25, 0.3) is 22.0 Å². The molecule has 1 aliphatic rings. The molecule has 0 radical (unpaired) electrons. The van der Waals surface area contributed by atoms with Crippen molar-refractivity contribution in [2.24, 2.45) is 5.92 Å². The number of rotatable bonds is 5. The Balaban J connectivity index is 1.51. The van der Waals surface area contributed by atoms with Gasteiger partial charge in [-0.2, -0.15) is 0 Å². The molecule has 0 unspecified atom stereocenters. The van der Waals surface area contributed by atoms with Crippen LogP contribution in [0.3, 0.4) is 0 Å². The summed E-state index contributed by atoms with van der Waals surface area (Å²) in [5.74, 6) is 1.63. The van der Waals surface area contributed by atoms with Crippen molar-refractivity contribution < 1.29 is 0 Å². The van der Waals surface area contributed by atoms with Crippen LogP contribution in [-0.4, -0.2) is 36.1 Å². The third-order valence-corrected chi connectivity index (χ3v) is 5.27. The molecular formula is C22H26N4. The van der Waals surface area contributed by atoms with Crippen LogP contribution in [-0.2, 0) is 0 Å². The zero-order valence-electron chi connectivity index (χ0n) is 15.4. The summed E-state index contributed by atoms with van der Waals surface area (Å²) in [7, 11) is 0. The SMILES string of the molecule is CCNCC1CCN(c2nccc(-c3ccc4ccccc4c3)n2)CC1. The van der Waals surface area contributed by atoms with Gasteiger partial charge in [0.15, 0.2) is 0 Å². The van der Waals surface area contributed by atoms with Crippen LogP contribution in [0.2, 0.25) is 0 Å². The molecule has 1 fully saturated rings. The Labute approximate surface area is 155 Å². The second-order valence-electron chi connectivity index (χ2n) is 7.04. The normalized spacial score (nSPS) is 15.5. The summed E-state index contributed by atoms with van der Waals surface area (Å²) in [4.78, 5) is 11.7. The molecule has 0 saturated carbocycles. The van der Waals surface area contributed by atoms with Gasteiger partial charge in [0, 0.05) is 24.8 Å². The maximum Gasteiger partial charge on any atom is 0.225 e. The topological polar surface area (TPSA) is 41.0 Å². The van der Waals surface area contributed by atoms with Crippen molar-refractivity contribution in [3.8, 4) is 11.3 Å².